The number of carboxylic acid groups (broad SMARTS) is 1. The van der Waals surface area contributed by atoms with E-state index in [0.29, 0.717) is 25.3 Å². The molecule has 2 N–H and O–H groups in total. The van der Waals surface area contributed by atoms with Gasteiger partial charge in [0, 0.05) is 31.9 Å². The quantitative estimate of drug-likeness (QED) is 0.734. The minimum absolute atomic E-state index is 0.153. The molecule has 2 unspecified atom stereocenters. The number of piperazine rings is 1. The Kier molecular flexibility index (Phi) is 6.18. The summed E-state index contributed by atoms with van der Waals surface area (Å²) in [6, 6.07) is 16.2. The number of hydrazine groups is 1. The number of carbonyl (C=O) groups is 1. The number of carboxylic acids is 1. The van der Waals surface area contributed by atoms with Gasteiger partial charge in [-0.25, -0.2) is 10.2 Å². The number of aryl methyl sites for hydroxylation is 1. The monoisotopic (exact) mass is 407 g/mol. The fourth-order valence-corrected chi connectivity index (χ4v) is 4.19. The third-order valence-electron chi connectivity index (χ3n) is 5.70. The zero-order valence-corrected chi connectivity index (χ0v) is 17.5. The summed E-state index contributed by atoms with van der Waals surface area (Å²) in [7, 11) is 0. The van der Waals surface area contributed by atoms with Crippen molar-refractivity contribution in [2.24, 2.45) is 0 Å². The largest absolute Gasteiger partial charge is 0.478 e. The van der Waals surface area contributed by atoms with Gasteiger partial charge in [-0.2, -0.15) is 0 Å². The fourth-order valence-electron chi connectivity index (χ4n) is 4.19. The zero-order chi connectivity index (χ0) is 21.1. The molecule has 2 aromatic rings. The van der Waals surface area contributed by atoms with Crippen molar-refractivity contribution >= 4 is 5.97 Å². The van der Waals surface area contributed by atoms with Gasteiger partial charge in [0.15, 0.2) is 0 Å². The number of nitrogens with zero attached hydrogens (tertiary/aromatic N) is 2. The van der Waals surface area contributed by atoms with Crippen molar-refractivity contribution in [3.05, 3.63) is 82.6 Å². The molecule has 2 aliphatic heterocycles. The Morgan fingerprint density at radius 3 is 2.77 bits per heavy atom. The maximum Gasteiger partial charge on any atom is 0.335 e. The molecule has 4 rings (SSSR count). The summed E-state index contributed by atoms with van der Waals surface area (Å²) in [5, 5.41) is 11.5. The van der Waals surface area contributed by atoms with Gasteiger partial charge in [0.1, 0.15) is 0 Å². The molecular formula is C24H29N3O3. The molecule has 158 valence electrons. The van der Waals surface area contributed by atoms with Crippen LogP contribution in [0.2, 0.25) is 0 Å². The predicted octanol–water partition coefficient (Wildman–Crippen LogP) is 3.36. The highest BCUT2D eigenvalue weighted by Gasteiger charge is 2.35. The van der Waals surface area contributed by atoms with Crippen molar-refractivity contribution in [3.63, 3.8) is 0 Å². The zero-order valence-electron chi connectivity index (χ0n) is 17.5. The van der Waals surface area contributed by atoms with Crippen molar-refractivity contribution in [2.45, 2.75) is 32.5 Å². The van der Waals surface area contributed by atoms with Gasteiger partial charge < -0.3 is 14.9 Å². The maximum absolute atomic E-state index is 11.3. The molecule has 1 fully saturated rings. The molecule has 30 heavy (non-hydrogen) atoms. The summed E-state index contributed by atoms with van der Waals surface area (Å²) in [5.41, 5.74) is 8.74. The van der Waals surface area contributed by atoms with Crippen molar-refractivity contribution in [3.8, 4) is 0 Å². The van der Waals surface area contributed by atoms with Gasteiger partial charge in [-0.15, -0.1) is 0 Å². The van der Waals surface area contributed by atoms with E-state index in [4.69, 9.17) is 4.74 Å². The molecule has 0 aromatic heterocycles. The van der Waals surface area contributed by atoms with E-state index in [2.05, 4.69) is 52.6 Å². The number of hydrogen-bond acceptors (Lipinski definition) is 5. The molecular weight excluding hydrogens is 378 g/mol. The van der Waals surface area contributed by atoms with Crippen molar-refractivity contribution in [1.82, 2.24) is 15.3 Å². The number of fused-ring (bicyclic) bond motifs is 1. The number of benzene rings is 2. The van der Waals surface area contributed by atoms with E-state index in [0.717, 1.165) is 18.7 Å². The maximum atomic E-state index is 11.3. The highest BCUT2D eigenvalue weighted by atomic mass is 16.5. The van der Waals surface area contributed by atoms with Gasteiger partial charge in [0.25, 0.3) is 0 Å². The highest BCUT2D eigenvalue weighted by molar-refractivity contribution is 5.87. The van der Waals surface area contributed by atoms with Gasteiger partial charge >= 0.3 is 5.97 Å². The Morgan fingerprint density at radius 1 is 1.23 bits per heavy atom. The summed E-state index contributed by atoms with van der Waals surface area (Å²) in [6.45, 7) is 7.82. The lowest BCUT2D eigenvalue weighted by molar-refractivity contribution is 0.0151. The van der Waals surface area contributed by atoms with Crippen molar-refractivity contribution < 1.29 is 14.6 Å². The first kappa shape index (κ1) is 20.6. The first-order valence-electron chi connectivity index (χ1n) is 10.5. The molecule has 2 aliphatic rings. The van der Waals surface area contributed by atoms with Crippen molar-refractivity contribution in [1.29, 1.82) is 0 Å². The molecule has 2 aromatic carbocycles. The third-order valence-corrected chi connectivity index (χ3v) is 5.70. The van der Waals surface area contributed by atoms with E-state index >= 15 is 0 Å². The molecule has 6 heteroatoms. The van der Waals surface area contributed by atoms with Gasteiger partial charge in [-0.05, 0) is 43.2 Å². The van der Waals surface area contributed by atoms with Crippen LogP contribution < -0.4 is 5.43 Å². The number of aromatic carboxylic acids is 1. The van der Waals surface area contributed by atoms with Crippen LogP contribution in [0, 0.1) is 6.92 Å². The smallest absolute Gasteiger partial charge is 0.335 e. The third kappa shape index (κ3) is 4.56. The van der Waals surface area contributed by atoms with Crippen LogP contribution in [-0.2, 0) is 11.3 Å². The second kappa shape index (κ2) is 9.00. The van der Waals surface area contributed by atoms with E-state index in [-0.39, 0.29) is 12.1 Å². The van der Waals surface area contributed by atoms with Crippen LogP contribution in [0.15, 0.2) is 60.3 Å². The van der Waals surface area contributed by atoms with E-state index in [1.54, 1.807) is 12.1 Å². The summed E-state index contributed by atoms with van der Waals surface area (Å²) in [6.07, 6.45) is 2.30. The first-order valence-corrected chi connectivity index (χ1v) is 10.5. The Balaban J connectivity index is 1.53. The number of hydrogen-bond donors (Lipinski definition) is 2. The molecule has 0 aliphatic carbocycles. The Hall–Kier alpha value is -2.67. The summed E-state index contributed by atoms with van der Waals surface area (Å²) in [5.74, 6) is -0.889. The summed E-state index contributed by atoms with van der Waals surface area (Å²) < 4.78 is 5.77. The first-order chi connectivity index (χ1) is 14.5. The Morgan fingerprint density at radius 2 is 2.03 bits per heavy atom. The fraction of sp³-hybridized carbons (Fsp3) is 0.375. The molecule has 1 saturated heterocycles. The minimum atomic E-state index is -0.889. The standard InChI is InChI=1S/C24H29N3O3/c1-3-30-16-22-15-26(13-18-5-4-6-20(11-18)24(28)29)14-21-12-23(25-27(21)22)19-9-7-17(2)8-10-19/h4-12,22-23,25H,3,13-16H2,1-2H3,(H,28,29). The molecule has 0 bridgehead atoms. The number of nitrogens with one attached hydrogen (secondary N) is 1. The average molecular weight is 408 g/mol. The lowest BCUT2D eigenvalue weighted by Crippen LogP contribution is -2.55. The highest BCUT2D eigenvalue weighted by Crippen LogP contribution is 2.30. The van der Waals surface area contributed by atoms with Crippen LogP contribution in [-0.4, -0.2) is 53.3 Å². The lowest BCUT2D eigenvalue weighted by Gasteiger charge is -2.42. The van der Waals surface area contributed by atoms with Crippen molar-refractivity contribution in [2.75, 3.05) is 26.3 Å². The van der Waals surface area contributed by atoms with Gasteiger partial charge in [0.2, 0.25) is 0 Å². The van der Waals surface area contributed by atoms with Gasteiger partial charge in [-0.1, -0.05) is 42.0 Å². The molecule has 2 heterocycles. The molecule has 0 radical (unpaired) electrons. The van der Waals surface area contributed by atoms with E-state index in [1.165, 1.54) is 16.8 Å². The summed E-state index contributed by atoms with van der Waals surface area (Å²) in [4.78, 5) is 13.7. The molecule has 6 nitrogen and oxygen atoms in total. The molecule has 0 saturated carbocycles. The SMILES string of the molecule is CCOCC1CN(Cc2cccc(C(=O)O)c2)CC2=CC(c3ccc(C)cc3)NN21. The van der Waals surface area contributed by atoms with E-state index < -0.39 is 5.97 Å². The number of rotatable bonds is 7. The van der Waals surface area contributed by atoms with Crippen LogP contribution in [0.25, 0.3) is 0 Å². The Bertz CT molecular complexity index is 926. The lowest BCUT2D eigenvalue weighted by atomic mass is 10.0. The van der Waals surface area contributed by atoms with Crippen LogP contribution in [0.4, 0.5) is 0 Å². The van der Waals surface area contributed by atoms with Crippen LogP contribution >= 0.6 is 0 Å². The van der Waals surface area contributed by atoms with Gasteiger partial charge in [0.05, 0.1) is 24.3 Å². The predicted molar refractivity (Wildman–Crippen MR) is 116 cm³/mol. The van der Waals surface area contributed by atoms with E-state index in [1.807, 2.05) is 19.1 Å². The van der Waals surface area contributed by atoms with Gasteiger partial charge in [-0.3, -0.25) is 4.90 Å². The minimum Gasteiger partial charge on any atom is -0.478 e. The summed E-state index contributed by atoms with van der Waals surface area (Å²) >= 11 is 0. The second-order valence-corrected chi connectivity index (χ2v) is 8.03. The van der Waals surface area contributed by atoms with Crippen LogP contribution in [0.3, 0.4) is 0 Å². The second-order valence-electron chi connectivity index (χ2n) is 8.03. The van der Waals surface area contributed by atoms with Crippen LogP contribution in [0.1, 0.15) is 40.0 Å². The molecule has 0 spiro atoms. The average Bonchev–Trinajstić information content (AvgIpc) is 3.17. The topological polar surface area (TPSA) is 65.0 Å². The Labute approximate surface area is 177 Å². The number of ether oxygens (including phenoxy) is 1. The molecule has 2 atom stereocenters. The van der Waals surface area contributed by atoms with Crippen LogP contribution in [0.5, 0.6) is 0 Å². The molecule has 0 amide bonds. The normalized spacial score (nSPS) is 21.4. The van der Waals surface area contributed by atoms with E-state index in [9.17, 15) is 9.90 Å².